The lowest BCUT2D eigenvalue weighted by atomic mass is 9.43. The van der Waals surface area contributed by atoms with Gasteiger partial charge in [0.05, 0.1) is 0 Å². The highest BCUT2D eigenvalue weighted by Gasteiger charge is 2.94. The summed E-state index contributed by atoms with van der Waals surface area (Å²) in [5.74, 6) is 6.98. The second-order valence-corrected chi connectivity index (χ2v) is 14.1. The maximum Gasteiger partial charge on any atom is -0.00233 e. The molecule has 1 spiro atoms. The molecule has 0 aromatic rings. The van der Waals surface area contributed by atoms with Crippen LogP contribution in [0.25, 0.3) is 0 Å². The molecule has 0 amide bonds. The molecule has 5 saturated carbocycles. The van der Waals surface area contributed by atoms with Gasteiger partial charge in [-0.3, -0.25) is 0 Å². The van der Waals surface area contributed by atoms with Gasteiger partial charge in [0.1, 0.15) is 0 Å². The minimum absolute atomic E-state index is 0.487. The molecule has 0 aliphatic heterocycles. The van der Waals surface area contributed by atoms with Gasteiger partial charge in [-0.05, 0) is 141 Å². The molecule has 6 rings (SSSR count). The number of rotatable bonds is 6. The number of fused-ring (bicyclic) bond motifs is 4. The van der Waals surface area contributed by atoms with Gasteiger partial charge >= 0.3 is 0 Å². The summed E-state index contributed by atoms with van der Waals surface area (Å²) in [6.45, 7) is 21.8. The van der Waals surface area contributed by atoms with Crippen LogP contribution in [0.3, 0.4) is 0 Å². The molecule has 0 heteroatoms. The second-order valence-electron chi connectivity index (χ2n) is 14.1. The van der Waals surface area contributed by atoms with Gasteiger partial charge in [-0.2, -0.15) is 0 Å². The molecule has 10 unspecified atom stereocenters. The topological polar surface area (TPSA) is 0 Å². The van der Waals surface area contributed by atoms with Gasteiger partial charge in [0.2, 0.25) is 0 Å². The van der Waals surface area contributed by atoms with E-state index in [-0.39, 0.29) is 0 Å². The highest BCUT2D eigenvalue weighted by atomic mass is 15.0. The zero-order valence-electron chi connectivity index (χ0n) is 22.4. The first-order chi connectivity index (χ1) is 15.7. The Kier molecular flexibility index (Phi) is 5.06. The third-order valence-corrected chi connectivity index (χ3v) is 13.2. The van der Waals surface area contributed by atoms with E-state index in [1.807, 2.05) is 0 Å². The Bertz CT molecular complexity index is 903. The largest absolute Gasteiger partial charge is 0.0993 e. The molecular formula is C33H50. The molecule has 0 heterocycles. The smallest absolute Gasteiger partial charge is 0.00233 e. The lowest BCUT2D eigenvalue weighted by molar-refractivity contribution is -0.102. The highest BCUT2D eigenvalue weighted by Crippen LogP contribution is 2.98. The van der Waals surface area contributed by atoms with E-state index >= 15 is 0 Å². The number of hydrogen-bond donors (Lipinski definition) is 0. The van der Waals surface area contributed by atoms with E-state index in [0.717, 1.165) is 46.8 Å². The Labute approximate surface area is 204 Å². The van der Waals surface area contributed by atoms with E-state index in [1.54, 1.807) is 23.1 Å². The summed E-state index contributed by atoms with van der Waals surface area (Å²) in [4.78, 5) is 0. The van der Waals surface area contributed by atoms with Gasteiger partial charge in [-0.1, -0.05) is 64.0 Å². The lowest BCUT2D eigenvalue weighted by Crippen LogP contribution is -2.54. The standard InChI is InChI=1S/C33H50/c1-8-10-26-25-19-29-30-28-12-11-22(5)32(7,33(28,29)30)27(25)14-16-31(26,6)15-13-23-17-20(3)24(9-2)21(4)18-23/h23,25-30H,3,5,8-19H2,1-2,4,6-7H3. The molecule has 0 radical (unpaired) electrons. The Hall–Kier alpha value is -0.780. The Balaban J connectivity index is 1.22. The zero-order chi connectivity index (χ0) is 23.3. The summed E-state index contributed by atoms with van der Waals surface area (Å²) in [6, 6.07) is 0. The van der Waals surface area contributed by atoms with Crippen LogP contribution in [-0.2, 0) is 0 Å². The van der Waals surface area contributed by atoms with E-state index in [9.17, 15) is 0 Å². The van der Waals surface area contributed by atoms with Crippen LogP contribution in [-0.4, -0.2) is 0 Å². The minimum atomic E-state index is 0.487. The first kappa shape index (κ1) is 22.7. The average molecular weight is 447 g/mol. The fourth-order valence-electron chi connectivity index (χ4n) is 11.7. The van der Waals surface area contributed by atoms with Crippen LogP contribution in [0.15, 0.2) is 35.5 Å². The van der Waals surface area contributed by atoms with Crippen molar-refractivity contribution < 1.29 is 0 Å². The third kappa shape index (κ3) is 2.76. The summed E-state index contributed by atoms with van der Waals surface area (Å²) in [7, 11) is 0. The van der Waals surface area contributed by atoms with Crippen LogP contribution in [0.5, 0.6) is 0 Å². The van der Waals surface area contributed by atoms with E-state index in [1.165, 1.54) is 76.2 Å². The van der Waals surface area contributed by atoms with Crippen molar-refractivity contribution in [2.24, 2.45) is 57.7 Å². The lowest BCUT2D eigenvalue weighted by Gasteiger charge is -2.61. The van der Waals surface area contributed by atoms with Crippen LogP contribution >= 0.6 is 0 Å². The van der Waals surface area contributed by atoms with Gasteiger partial charge in [-0.25, -0.2) is 0 Å². The van der Waals surface area contributed by atoms with Gasteiger partial charge in [0.25, 0.3) is 0 Å². The average Bonchev–Trinajstić information content (AvgIpc) is 3.65. The molecule has 6 aliphatic rings. The molecule has 0 bridgehead atoms. The summed E-state index contributed by atoms with van der Waals surface area (Å²) in [5.41, 5.74) is 8.14. The SMILES string of the molecule is C=C1CC(CCC2(C)CCC3C(CC4C5C6CCC(=C)C3(C)C645)C2CCC)CC(C)=C1CC. The van der Waals surface area contributed by atoms with Crippen LogP contribution in [0.2, 0.25) is 0 Å². The maximum atomic E-state index is 4.77. The van der Waals surface area contributed by atoms with Gasteiger partial charge in [0.15, 0.2) is 0 Å². The molecule has 0 aromatic carbocycles. The minimum Gasteiger partial charge on any atom is -0.0993 e. The summed E-state index contributed by atoms with van der Waals surface area (Å²) in [6.07, 6.45) is 16.8. The summed E-state index contributed by atoms with van der Waals surface area (Å²) in [5, 5.41) is 0. The molecule has 5 fully saturated rings. The molecule has 182 valence electrons. The van der Waals surface area contributed by atoms with E-state index in [2.05, 4.69) is 41.2 Å². The van der Waals surface area contributed by atoms with Crippen LogP contribution in [0, 0.1) is 57.7 Å². The molecule has 0 N–H and O–H groups in total. The van der Waals surface area contributed by atoms with E-state index < -0.39 is 0 Å². The third-order valence-electron chi connectivity index (χ3n) is 13.2. The van der Waals surface area contributed by atoms with Crippen molar-refractivity contribution in [1.82, 2.24) is 0 Å². The van der Waals surface area contributed by atoms with Crippen molar-refractivity contribution in [2.75, 3.05) is 0 Å². The van der Waals surface area contributed by atoms with Crippen molar-refractivity contribution in [3.8, 4) is 0 Å². The molecule has 0 saturated heterocycles. The molecule has 10 atom stereocenters. The fourth-order valence-corrected chi connectivity index (χ4v) is 11.7. The first-order valence-electron chi connectivity index (χ1n) is 14.8. The molecule has 33 heavy (non-hydrogen) atoms. The molecule has 0 aromatic heterocycles. The summed E-state index contributed by atoms with van der Waals surface area (Å²) < 4.78 is 0. The van der Waals surface area contributed by atoms with Crippen LogP contribution in [0.1, 0.15) is 112 Å². The summed E-state index contributed by atoms with van der Waals surface area (Å²) >= 11 is 0. The zero-order valence-corrected chi connectivity index (χ0v) is 22.4. The quantitative estimate of drug-likeness (QED) is 0.356. The van der Waals surface area contributed by atoms with Crippen LogP contribution < -0.4 is 0 Å². The maximum absolute atomic E-state index is 4.77. The van der Waals surface area contributed by atoms with Crippen molar-refractivity contribution in [1.29, 1.82) is 0 Å². The number of allylic oxidation sites excluding steroid dienone is 4. The first-order valence-corrected chi connectivity index (χ1v) is 14.8. The normalized spacial score (nSPS) is 52.2. The highest BCUT2D eigenvalue weighted by molar-refractivity contribution is 5.46. The molecule has 0 nitrogen and oxygen atoms in total. The predicted molar refractivity (Wildman–Crippen MR) is 141 cm³/mol. The molecule has 6 aliphatic carbocycles. The van der Waals surface area contributed by atoms with Crippen molar-refractivity contribution in [2.45, 2.75) is 112 Å². The van der Waals surface area contributed by atoms with Crippen LogP contribution in [0.4, 0.5) is 0 Å². The number of hydrogen-bond acceptors (Lipinski definition) is 0. The van der Waals surface area contributed by atoms with Crippen molar-refractivity contribution in [3.05, 3.63) is 35.5 Å². The predicted octanol–water partition coefficient (Wildman–Crippen LogP) is 9.53. The van der Waals surface area contributed by atoms with E-state index in [0.29, 0.717) is 10.8 Å². The van der Waals surface area contributed by atoms with E-state index in [4.69, 9.17) is 6.58 Å². The second kappa shape index (κ2) is 7.36. The monoisotopic (exact) mass is 446 g/mol. The van der Waals surface area contributed by atoms with Crippen molar-refractivity contribution >= 4 is 0 Å². The van der Waals surface area contributed by atoms with Gasteiger partial charge in [0, 0.05) is 0 Å². The van der Waals surface area contributed by atoms with Gasteiger partial charge in [-0.15, -0.1) is 0 Å². The van der Waals surface area contributed by atoms with Crippen molar-refractivity contribution in [3.63, 3.8) is 0 Å². The Morgan fingerprint density at radius 2 is 1.76 bits per heavy atom. The van der Waals surface area contributed by atoms with Gasteiger partial charge < -0.3 is 0 Å². The molecular weight excluding hydrogens is 396 g/mol. The fraction of sp³-hybridized carbons (Fsp3) is 0.818. The Morgan fingerprint density at radius 3 is 2.45 bits per heavy atom. The Morgan fingerprint density at radius 1 is 0.970 bits per heavy atom.